The maximum Gasteiger partial charge on any atom is 0.130 e. The van der Waals surface area contributed by atoms with Gasteiger partial charge in [0.25, 0.3) is 0 Å². The third kappa shape index (κ3) is 2.34. The first-order chi connectivity index (χ1) is 6.83. The van der Waals surface area contributed by atoms with E-state index < -0.39 is 0 Å². The molecule has 0 heterocycles. The number of rotatable bonds is 3. The van der Waals surface area contributed by atoms with Crippen molar-refractivity contribution in [3.8, 4) is 0 Å². The maximum absolute atomic E-state index is 4.34. The molecule has 0 spiro atoms. The van der Waals surface area contributed by atoms with Crippen LogP contribution in [0.15, 0.2) is 35.3 Å². The van der Waals surface area contributed by atoms with Gasteiger partial charge in [0.15, 0.2) is 0 Å². The van der Waals surface area contributed by atoms with Crippen molar-refractivity contribution in [2.45, 2.75) is 13.8 Å². The predicted octanol–water partition coefficient (Wildman–Crippen LogP) is 2.40. The summed E-state index contributed by atoms with van der Waals surface area (Å²) in [6.45, 7) is 6.30. The number of hydrogen-bond acceptors (Lipinski definition) is 1. The van der Waals surface area contributed by atoms with Gasteiger partial charge in [-0.3, -0.25) is 4.99 Å². The summed E-state index contributed by atoms with van der Waals surface area (Å²) in [7, 11) is 1.85. The molecular formula is C12H18N2. The molecular weight excluding hydrogens is 172 g/mol. The average molecular weight is 190 g/mol. The van der Waals surface area contributed by atoms with Crippen LogP contribution in [0.3, 0.4) is 0 Å². The smallest absolute Gasteiger partial charge is 0.130 e. The van der Waals surface area contributed by atoms with Gasteiger partial charge in [0.2, 0.25) is 0 Å². The fourth-order valence-corrected chi connectivity index (χ4v) is 1.56. The average Bonchev–Trinajstić information content (AvgIpc) is 2.27. The molecule has 1 aromatic carbocycles. The molecule has 0 bridgehead atoms. The molecule has 0 fully saturated rings. The van der Waals surface area contributed by atoms with Gasteiger partial charge in [-0.05, 0) is 13.8 Å². The maximum atomic E-state index is 4.34. The highest BCUT2D eigenvalue weighted by atomic mass is 15.2. The lowest BCUT2D eigenvalue weighted by Crippen LogP contribution is -2.31. The van der Waals surface area contributed by atoms with Crippen LogP contribution >= 0.6 is 0 Å². The van der Waals surface area contributed by atoms with E-state index in [9.17, 15) is 0 Å². The van der Waals surface area contributed by atoms with Crippen LogP contribution in [0.2, 0.25) is 0 Å². The molecule has 0 unspecified atom stereocenters. The summed E-state index contributed by atoms with van der Waals surface area (Å²) in [5.41, 5.74) is 1.19. The molecule has 0 saturated heterocycles. The summed E-state index contributed by atoms with van der Waals surface area (Å²) in [4.78, 5) is 6.60. The Balaban J connectivity index is 2.94. The first-order valence-corrected chi connectivity index (χ1v) is 5.10. The quantitative estimate of drug-likeness (QED) is 0.528. The zero-order valence-corrected chi connectivity index (χ0v) is 9.20. The van der Waals surface area contributed by atoms with Crippen LogP contribution in [0.4, 0.5) is 0 Å². The molecule has 1 aromatic rings. The zero-order valence-electron chi connectivity index (χ0n) is 9.20. The van der Waals surface area contributed by atoms with Crippen molar-refractivity contribution >= 4 is 5.84 Å². The minimum atomic E-state index is 0.998. The van der Waals surface area contributed by atoms with Crippen LogP contribution in [0.25, 0.3) is 0 Å². The van der Waals surface area contributed by atoms with E-state index in [1.807, 2.05) is 25.2 Å². The summed E-state index contributed by atoms with van der Waals surface area (Å²) in [6.07, 6.45) is 0. The van der Waals surface area contributed by atoms with Gasteiger partial charge >= 0.3 is 0 Å². The van der Waals surface area contributed by atoms with Crippen molar-refractivity contribution in [2.24, 2.45) is 4.99 Å². The molecule has 0 N–H and O–H groups in total. The molecule has 0 saturated carbocycles. The molecule has 0 radical (unpaired) electrons. The molecule has 0 aliphatic heterocycles. The van der Waals surface area contributed by atoms with Crippen molar-refractivity contribution in [1.82, 2.24) is 4.90 Å². The van der Waals surface area contributed by atoms with E-state index in [0.29, 0.717) is 0 Å². The molecule has 76 valence electrons. The highest BCUT2D eigenvalue weighted by Crippen LogP contribution is 2.05. The molecule has 2 nitrogen and oxygen atoms in total. The number of amidine groups is 1. The molecule has 0 aliphatic rings. The van der Waals surface area contributed by atoms with E-state index in [4.69, 9.17) is 0 Å². The van der Waals surface area contributed by atoms with E-state index in [-0.39, 0.29) is 0 Å². The van der Waals surface area contributed by atoms with E-state index in [0.717, 1.165) is 18.9 Å². The van der Waals surface area contributed by atoms with Crippen LogP contribution in [0.1, 0.15) is 19.4 Å². The zero-order chi connectivity index (χ0) is 10.4. The Morgan fingerprint density at radius 3 is 2.14 bits per heavy atom. The highest BCUT2D eigenvalue weighted by Gasteiger charge is 2.07. The molecule has 0 aliphatic carbocycles. The normalized spacial score (nSPS) is 11.5. The molecule has 2 heteroatoms. The van der Waals surface area contributed by atoms with E-state index >= 15 is 0 Å². The summed E-state index contributed by atoms with van der Waals surface area (Å²) in [6, 6.07) is 10.3. The van der Waals surface area contributed by atoms with Crippen LogP contribution in [0, 0.1) is 0 Å². The van der Waals surface area contributed by atoms with Gasteiger partial charge in [0.1, 0.15) is 5.84 Å². The van der Waals surface area contributed by atoms with Gasteiger partial charge in [-0.1, -0.05) is 30.3 Å². The summed E-state index contributed by atoms with van der Waals surface area (Å²) in [5, 5.41) is 0. The first kappa shape index (κ1) is 10.8. The topological polar surface area (TPSA) is 15.6 Å². The molecule has 14 heavy (non-hydrogen) atoms. The number of aliphatic imine (C=N–C) groups is 1. The second-order valence-corrected chi connectivity index (χ2v) is 3.09. The minimum absolute atomic E-state index is 0.998. The van der Waals surface area contributed by atoms with Crippen LogP contribution in [-0.4, -0.2) is 30.9 Å². The van der Waals surface area contributed by atoms with Gasteiger partial charge in [-0.25, -0.2) is 0 Å². The van der Waals surface area contributed by atoms with Gasteiger partial charge < -0.3 is 4.90 Å². The molecule has 0 atom stereocenters. The van der Waals surface area contributed by atoms with Crippen molar-refractivity contribution in [2.75, 3.05) is 20.1 Å². The lowest BCUT2D eigenvalue weighted by molar-refractivity contribution is 0.466. The lowest BCUT2D eigenvalue weighted by Gasteiger charge is -2.22. The monoisotopic (exact) mass is 190 g/mol. The van der Waals surface area contributed by atoms with E-state index in [1.54, 1.807) is 0 Å². The minimum Gasteiger partial charge on any atom is -0.357 e. The van der Waals surface area contributed by atoms with Gasteiger partial charge in [0.05, 0.1) is 0 Å². The van der Waals surface area contributed by atoms with Gasteiger partial charge in [-0.2, -0.15) is 0 Å². The second-order valence-electron chi connectivity index (χ2n) is 3.09. The Kier molecular flexibility index (Phi) is 4.17. The SMILES string of the molecule is CCN(CC)/C(=N/C)c1ccccc1. The number of nitrogens with zero attached hydrogens (tertiary/aromatic N) is 2. The lowest BCUT2D eigenvalue weighted by atomic mass is 10.2. The highest BCUT2D eigenvalue weighted by molar-refractivity contribution is 5.98. The molecule has 0 amide bonds. The van der Waals surface area contributed by atoms with Gasteiger partial charge in [0, 0.05) is 25.7 Å². The van der Waals surface area contributed by atoms with E-state index in [2.05, 4.69) is 35.9 Å². The third-order valence-corrected chi connectivity index (χ3v) is 2.31. The largest absolute Gasteiger partial charge is 0.357 e. The fraction of sp³-hybridized carbons (Fsp3) is 0.417. The first-order valence-electron chi connectivity index (χ1n) is 5.10. The van der Waals surface area contributed by atoms with Crippen LogP contribution in [-0.2, 0) is 0 Å². The molecule has 1 rings (SSSR count). The van der Waals surface area contributed by atoms with Crippen LogP contribution in [0.5, 0.6) is 0 Å². The van der Waals surface area contributed by atoms with Gasteiger partial charge in [-0.15, -0.1) is 0 Å². The Morgan fingerprint density at radius 1 is 1.14 bits per heavy atom. The van der Waals surface area contributed by atoms with Crippen molar-refractivity contribution in [3.05, 3.63) is 35.9 Å². The number of benzene rings is 1. The Hall–Kier alpha value is -1.31. The summed E-state index contributed by atoms with van der Waals surface area (Å²) < 4.78 is 0. The van der Waals surface area contributed by atoms with Crippen LogP contribution < -0.4 is 0 Å². The second kappa shape index (κ2) is 5.43. The predicted molar refractivity (Wildman–Crippen MR) is 61.8 cm³/mol. The van der Waals surface area contributed by atoms with Crippen molar-refractivity contribution in [1.29, 1.82) is 0 Å². The van der Waals surface area contributed by atoms with Crippen molar-refractivity contribution in [3.63, 3.8) is 0 Å². The Bertz CT molecular complexity index is 286. The van der Waals surface area contributed by atoms with E-state index in [1.165, 1.54) is 5.56 Å². The standard InChI is InChI=1S/C12H18N2/c1-4-14(5-2)12(13-3)11-9-7-6-8-10-11/h6-10H,4-5H2,1-3H3/b13-12+. The summed E-state index contributed by atoms with van der Waals surface area (Å²) >= 11 is 0. The third-order valence-electron chi connectivity index (χ3n) is 2.31. The fourth-order valence-electron chi connectivity index (χ4n) is 1.56. The Morgan fingerprint density at radius 2 is 1.71 bits per heavy atom. The number of hydrogen-bond donors (Lipinski definition) is 0. The Labute approximate surface area is 86.3 Å². The van der Waals surface area contributed by atoms with Crippen molar-refractivity contribution < 1.29 is 0 Å². The summed E-state index contributed by atoms with van der Waals surface area (Å²) in [5.74, 6) is 1.08. The molecule has 0 aromatic heterocycles.